The van der Waals surface area contributed by atoms with E-state index in [0.29, 0.717) is 70.9 Å². The van der Waals surface area contributed by atoms with Crippen LogP contribution in [0.1, 0.15) is 64.4 Å². The van der Waals surface area contributed by atoms with Crippen molar-refractivity contribution in [3.63, 3.8) is 0 Å². The molecule has 2 heterocycles. The van der Waals surface area contributed by atoms with Crippen LogP contribution in [0, 0.1) is 11.3 Å². The van der Waals surface area contributed by atoms with Crippen LogP contribution in [0.5, 0.6) is 11.5 Å². The van der Waals surface area contributed by atoms with Gasteiger partial charge in [0.2, 0.25) is 12.0 Å². The summed E-state index contributed by atoms with van der Waals surface area (Å²) in [7, 11) is 1.77. The molecule has 0 aliphatic carbocycles. The van der Waals surface area contributed by atoms with Gasteiger partial charge in [-0.15, -0.1) is 0 Å². The summed E-state index contributed by atoms with van der Waals surface area (Å²) in [6.07, 6.45) is 1.17. The summed E-state index contributed by atoms with van der Waals surface area (Å²) in [5.41, 5.74) is 9.42. The molecule has 8 rings (SSSR count). The first-order valence-electron chi connectivity index (χ1n) is 20.1. The van der Waals surface area contributed by atoms with Crippen LogP contribution in [-0.4, -0.2) is 36.3 Å². The van der Waals surface area contributed by atoms with Gasteiger partial charge in [-0.05, 0) is 107 Å². The Hall–Kier alpha value is -6.11. The zero-order valence-electron chi connectivity index (χ0n) is 33.4. The van der Waals surface area contributed by atoms with E-state index in [0.717, 1.165) is 45.4 Å². The van der Waals surface area contributed by atoms with Gasteiger partial charge < -0.3 is 19.7 Å². The van der Waals surface area contributed by atoms with Gasteiger partial charge in [0.05, 0.1) is 33.4 Å². The SMILES string of the molecule is CC[C@@H](c1ccccc1)N1Cc2cc3c(cc2C[C@H]1C(=O)NCCc1ccc(-c2ccc(C#N)cc2)cc1)N(C)C(=O)[C@H](c1ccc(OCc2ccc(Cl)c(Cl)c2)cc1)O3. The van der Waals surface area contributed by atoms with Crippen molar-refractivity contribution < 1.29 is 19.1 Å². The summed E-state index contributed by atoms with van der Waals surface area (Å²) < 4.78 is 12.5. The Morgan fingerprint density at radius 3 is 2.25 bits per heavy atom. The van der Waals surface area contributed by atoms with Crippen molar-refractivity contribution in [2.75, 3.05) is 18.5 Å². The first-order chi connectivity index (χ1) is 29.2. The minimum Gasteiger partial charge on any atom is -0.489 e. The number of nitriles is 1. The maximum absolute atomic E-state index is 14.2. The fourth-order valence-corrected chi connectivity index (χ4v) is 8.47. The molecule has 10 heteroatoms. The second-order valence-electron chi connectivity index (χ2n) is 15.2. The molecule has 2 aliphatic heterocycles. The van der Waals surface area contributed by atoms with E-state index in [9.17, 15) is 9.59 Å². The molecule has 3 atom stereocenters. The predicted molar refractivity (Wildman–Crippen MR) is 236 cm³/mol. The molecule has 0 saturated heterocycles. The maximum atomic E-state index is 14.2. The molecule has 0 radical (unpaired) electrons. The average Bonchev–Trinajstić information content (AvgIpc) is 3.28. The molecular weight excluding hydrogens is 791 g/mol. The Morgan fingerprint density at radius 1 is 0.867 bits per heavy atom. The van der Waals surface area contributed by atoms with Crippen LogP contribution >= 0.6 is 23.2 Å². The van der Waals surface area contributed by atoms with Gasteiger partial charge in [0.1, 0.15) is 18.1 Å². The number of amides is 2. The fraction of sp³-hybridized carbons (Fsp3) is 0.220. The van der Waals surface area contributed by atoms with Gasteiger partial charge in [-0.3, -0.25) is 14.5 Å². The van der Waals surface area contributed by atoms with E-state index in [1.165, 1.54) is 0 Å². The van der Waals surface area contributed by atoms with Crippen LogP contribution in [0.15, 0.2) is 133 Å². The number of likely N-dealkylation sites (N-methyl/N-ethyl adjacent to an activating group) is 1. The standard InChI is InChI=1S/C50H44Cl2N4O4/c1-3-44(37-7-5-4-6-8-37)56-30-40-28-47-45(55(2)50(58)48(60-47)38-18-20-41(21-19-38)59-31-34-13-22-42(51)43(52)25-34)26-39(40)27-46(56)49(57)54-24-23-32-9-14-35(15-10-32)36-16-11-33(29-53)12-17-36/h4-22,25-26,28,44,46,48H,3,23-24,27,30-31H2,1-2H3,(H,54,57)/t44-,46-,48-/m0/s1. The third-order valence-corrected chi connectivity index (χ3v) is 12.2. The summed E-state index contributed by atoms with van der Waals surface area (Å²) in [4.78, 5) is 32.0. The van der Waals surface area contributed by atoms with E-state index in [-0.39, 0.29) is 17.9 Å². The Morgan fingerprint density at radius 2 is 1.57 bits per heavy atom. The minimum absolute atomic E-state index is 0.0104. The van der Waals surface area contributed by atoms with Crippen LogP contribution in [0.4, 0.5) is 5.69 Å². The summed E-state index contributed by atoms with van der Waals surface area (Å²) in [6, 6.07) is 44.8. The number of ether oxygens (including phenoxy) is 2. The number of hydrogen-bond acceptors (Lipinski definition) is 6. The van der Waals surface area contributed by atoms with Crippen molar-refractivity contribution in [2.45, 2.75) is 57.5 Å². The monoisotopic (exact) mass is 834 g/mol. The van der Waals surface area contributed by atoms with Crippen molar-refractivity contribution in [3.8, 4) is 28.7 Å². The molecule has 60 heavy (non-hydrogen) atoms. The van der Waals surface area contributed by atoms with Crippen molar-refractivity contribution in [2.24, 2.45) is 0 Å². The first-order valence-corrected chi connectivity index (χ1v) is 20.9. The third-order valence-electron chi connectivity index (χ3n) is 11.5. The number of nitrogens with one attached hydrogen (secondary N) is 1. The number of carbonyl (C=O) groups is 2. The lowest BCUT2D eigenvalue weighted by atomic mass is 9.88. The molecule has 0 unspecified atom stereocenters. The van der Waals surface area contributed by atoms with E-state index in [1.54, 1.807) is 24.1 Å². The number of nitrogens with zero attached hydrogens (tertiary/aromatic N) is 3. The highest BCUT2D eigenvalue weighted by molar-refractivity contribution is 6.42. The Labute approximate surface area is 360 Å². The highest BCUT2D eigenvalue weighted by Gasteiger charge is 2.39. The van der Waals surface area contributed by atoms with Crippen molar-refractivity contribution in [3.05, 3.63) is 182 Å². The van der Waals surface area contributed by atoms with Crippen LogP contribution in [-0.2, 0) is 35.6 Å². The number of rotatable bonds is 12. The largest absolute Gasteiger partial charge is 0.489 e. The molecule has 0 fully saturated rings. The van der Waals surface area contributed by atoms with Crippen LogP contribution in [0.25, 0.3) is 11.1 Å². The van der Waals surface area contributed by atoms with Crippen molar-refractivity contribution in [1.29, 1.82) is 5.26 Å². The number of hydrogen-bond donors (Lipinski definition) is 1. The fourth-order valence-electron chi connectivity index (χ4n) is 8.15. The average molecular weight is 836 g/mol. The number of fused-ring (bicyclic) bond motifs is 2. The summed E-state index contributed by atoms with van der Waals surface area (Å²) in [6.45, 7) is 3.52. The highest BCUT2D eigenvalue weighted by Crippen LogP contribution is 2.43. The molecule has 6 aromatic rings. The second kappa shape index (κ2) is 18.0. The predicted octanol–water partition coefficient (Wildman–Crippen LogP) is 10.4. The molecule has 8 nitrogen and oxygen atoms in total. The number of halogens is 2. The topological polar surface area (TPSA) is 94.9 Å². The van der Waals surface area contributed by atoms with Gasteiger partial charge in [0, 0.05) is 31.7 Å². The molecule has 0 spiro atoms. The van der Waals surface area contributed by atoms with E-state index in [2.05, 4.69) is 65.7 Å². The molecule has 0 aromatic heterocycles. The Kier molecular flexibility index (Phi) is 12.2. The van der Waals surface area contributed by atoms with Gasteiger partial charge in [0.25, 0.3) is 5.91 Å². The molecule has 2 aliphatic rings. The van der Waals surface area contributed by atoms with E-state index in [4.69, 9.17) is 37.9 Å². The number of anilines is 1. The highest BCUT2D eigenvalue weighted by atomic mass is 35.5. The van der Waals surface area contributed by atoms with Crippen molar-refractivity contribution >= 4 is 40.7 Å². The number of carbonyl (C=O) groups excluding carboxylic acids is 2. The van der Waals surface area contributed by atoms with Gasteiger partial charge in [-0.1, -0.05) is 115 Å². The van der Waals surface area contributed by atoms with E-state index < -0.39 is 12.1 Å². The molecule has 2 amide bonds. The second-order valence-corrected chi connectivity index (χ2v) is 16.1. The lowest BCUT2D eigenvalue weighted by Crippen LogP contribution is -2.51. The first kappa shape index (κ1) is 40.7. The Bertz CT molecular complexity index is 2540. The van der Waals surface area contributed by atoms with Crippen LogP contribution in [0.3, 0.4) is 0 Å². The van der Waals surface area contributed by atoms with Crippen LogP contribution < -0.4 is 19.7 Å². The molecule has 0 bridgehead atoms. The summed E-state index contributed by atoms with van der Waals surface area (Å²) in [5.74, 6) is 1.07. The molecule has 0 saturated carbocycles. The normalized spacial score (nSPS) is 16.5. The lowest BCUT2D eigenvalue weighted by Gasteiger charge is -2.42. The van der Waals surface area contributed by atoms with Crippen LogP contribution in [0.2, 0.25) is 10.0 Å². The molecule has 302 valence electrons. The third kappa shape index (κ3) is 8.76. The van der Waals surface area contributed by atoms with Gasteiger partial charge in [-0.25, -0.2) is 0 Å². The van der Waals surface area contributed by atoms with Gasteiger partial charge in [-0.2, -0.15) is 5.26 Å². The molecule has 1 N–H and O–H groups in total. The molecular formula is C50H44Cl2N4O4. The summed E-state index contributed by atoms with van der Waals surface area (Å²) in [5, 5.41) is 13.4. The minimum atomic E-state index is -0.831. The van der Waals surface area contributed by atoms with Gasteiger partial charge >= 0.3 is 0 Å². The zero-order valence-corrected chi connectivity index (χ0v) is 34.9. The van der Waals surface area contributed by atoms with Crippen molar-refractivity contribution in [1.82, 2.24) is 10.2 Å². The summed E-state index contributed by atoms with van der Waals surface area (Å²) >= 11 is 12.2. The smallest absolute Gasteiger partial charge is 0.272 e. The van der Waals surface area contributed by atoms with Gasteiger partial charge in [0.15, 0.2) is 0 Å². The maximum Gasteiger partial charge on any atom is 0.272 e. The Balaban J connectivity index is 0.981. The zero-order chi connectivity index (χ0) is 41.8. The quantitative estimate of drug-likeness (QED) is 0.132. The van der Waals surface area contributed by atoms with E-state index in [1.807, 2.05) is 78.9 Å². The van der Waals surface area contributed by atoms with E-state index >= 15 is 0 Å². The lowest BCUT2D eigenvalue weighted by molar-refractivity contribution is -0.128. The number of benzene rings is 6. The molecule has 6 aromatic carbocycles.